The van der Waals surface area contributed by atoms with Gasteiger partial charge in [0.2, 0.25) is 5.82 Å². The molecule has 0 aliphatic rings. The molecular weight excluding hydrogens is 365 g/mol. The van der Waals surface area contributed by atoms with Crippen LogP contribution in [0.2, 0.25) is 0 Å². The second kappa shape index (κ2) is 7.99. The van der Waals surface area contributed by atoms with Gasteiger partial charge in [-0.3, -0.25) is 25.0 Å². The lowest BCUT2D eigenvalue weighted by atomic mass is 10.2. The van der Waals surface area contributed by atoms with E-state index < -0.39 is 39.3 Å². The fraction of sp³-hybridized carbons (Fsp3) is 0.125. The number of hydrogen-bond donors (Lipinski definition) is 1. The molecule has 2 rings (SSSR count). The summed E-state index contributed by atoms with van der Waals surface area (Å²) in [5.74, 6) is -2.86. The zero-order chi connectivity index (χ0) is 20.1. The van der Waals surface area contributed by atoms with Crippen LogP contribution in [0.4, 0.5) is 21.5 Å². The van der Waals surface area contributed by atoms with Crippen molar-refractivity contribution in [1.29, 1.82) is 0 Å². The molecule has 0 spiro atoms. The second-order valence-corrected chi connectivity index (χ2v) is 5.27. The first kappa shape index (κ1) is 19.4. The quantitative estimate of drug-likeness (QED) is 0.463. The Kier molecular flexibility index (Phi) is 5.75. The molecule has 0 heterocycles. The van der Waals surface area contributed by atoms with Gasteiger partial charge in [0.15, 0.2) is 6.10 Å². The molecule has 11 heteroatoms. The number of nitrogens with one attached hydrogen (secondary N) is 1. The Morgan fingerprint density at radius 1 is 1.11 bits per heavy atom. The lowest BCUT2D eigenvalue weighted by Crippen LogP contribution is -2.30. The molecule has 0 saturated heterocycles. The van der Waals surface area contributed by atoms with Crippen LogP contribution in [0.15, 0.2) is 42.5 Å². The summed E-state index contributed by atoms with van der Waals surface area (Å²) in [5, 5.41) is 23.7. The lowest BCUT2D eigenvalue weighted by Gasteiger charge is -2.13. The number of benzene rings is 2. The van der Waals surface area contributed by atoms with Crippen molar-refractivity contribution in [3.63, 3.8) is 0 Å². The Bertz CT molecular complexity index is 932. The summed E-state index contributed by atoms with van der Waals surface area (Å²) in [4.78, 5) is 43.9. The maximum absolute atomic E-state index is 13.3. The number of hydrogen-bond acceptors (Lipinski definition) is 7. The highest BCUT2D eigenvalue weighted by Crippen LogP contribution is 2.22. The molecule has 2 aromatic rings. The van der Waals surface area contributed by atoms with E-state index in [1.807, 2.05) is 0 Å². The van der Waals surface area contributed by atoms with Gasteiger partial charge in [-0.05, 0) is 25.1 Å². The zero-order valence-electron chi connectivity index (χ0n) is 13.7. The van der Waals surface area contributed by atoms with Crippen molar-refractivity contribution >= 4 is 28.9 Å². The van der Waals surface area contributed by atoms with Gasteiger partial charge in [0.1, 0.15) is 0 Å². The molecule has 2 aromatic carbocycles. The highest BCUT2D eigenvalue weighted by Gasteiger charge is 2.22. The fourth-order valence-electron chi connectivity index (χ4n) is 2.00. The number of esters is 1. The predicted octanol–water partition coefficient (Wildman–Crippen LogP) is 2.83. The number of nitrogens with zero attached hydrogens (tertiary/aromatic N) is 2. The van der Waals surface area contributed by atoms with Gasteiger partial charge in [-0.2, -0.15) is 4.39 Å². The summed E-state index contributed by atoms with van der Waals surface area (Å²) in [7, 11) is 0. The van der Waals surface area contributed by atoms with Crippen LogP contribution in [0.5, 0.6) is 0 Å². The van der Waals surface area contributed by atoms with Crippen molar-refractivity contribution in [2.24, 2.45) is 0 Å². The SMILES string of the molecule is CC(OC(=O)c1cccc([N+](=O)[O-])c1)C(=O)Nc1ccc(F)c([N+](=O)[O-])c1. The lowest BCUT2D eigenvalue weighted by molar-refractivity contribution is -0.387. The van der Waals surface area contributed by atoms with Crippen LogP contribution in [0.3, 0.4) is 0 Å². The van der Waals surface area contributed by atoms with E-state index in [1.165, 1.54) is 25.1 Å². The Balaban J connectivity index is 2.06. The molecule has 0 saturated carbocycles. The number of anilines is 1. The van der Waals surface area contributed by atoms with Crippen molar-refractivity contribution in [3.8, 4) is 0 Å². The Morgan fingerprint density at radius 2 is 1.81 bits per heavy atom. The second-order valence-electron chi connectivity index (χ2n) is 5.27. The van der Waals surface area contributed by atoms with E-state index in [4.69, 9.17) is 4.74 Å². The molecule has 1 atom stereocenters. The van der Waals surface area contributed by atoms with Gasteiger partial charge in [0.25, 0.3) is 11.6 Å². The van der Waals surface area contributed by atoms with Crippen LogP contribution >= 0.6 is 0 Å². The summed E-state index contributed by atoms with van der Waals surface area (Å²) in [6, 6.07) is 7.50. The number of halogens is 1. The van der Waals surface area contributed by atoms with E-state index in [9.17, 15) is 34.2 Å². The van der Waals surface area contributed by atoms with Gasteiger partial charge in [0, 0.05) is 23.9 Å². The number of ether oxygens (including phenoxy) is 1. The number of amides is 1. The third kappa shape index (κ3) is 4.81. The molecule has 10 nitrogen and oxygen atoms in total. The highest BCUT2D eigenvalue weighted by atomic mass is 19.1. The van der Waals surface area contributed by atoms with E-state index in [1.54, 1.807) is 0 Å². The predicted molar refractivity (Wildman–Crippen MR) is 89.7 cm³/mol. The molecule has 1 N–H and O–H groups in total. The Labute approximate surface area is 150 Å². The minimum Gasteiger partial charge on any atom is -0.449 e. The number of carbonyl (C=O) groups excluding carboxylic acids is 2. The standard InChI is InChI=1S/C16H12FN3O7/c1-9(27-16(22)10-3-2-4-12(7-10)19(23)24)15(21)18-11-5-6-13(17)14(8-11)20(25)26/h2-9H,1H3,(H,18,21). The summed E-state index contributed by atoms with van der Waals surface area (Å²) in [5.41, 5.74) is -1.33. The molecule has 0 aliphatic carbocycles. The molecule has 0 bridgehead atoms. The smallest absolute Gasteiger partial charge is 0.339 e. The van der Waals surface area contributed by atoms with Crippen LogP contribution in [-0.2, 0) is 9.53 Å². The van der Waals surface area contributed by atoms with Crippen molar-refractivity contribution < 1.29 is 28.6 Å². The number of nitro benzene ring substituents is 2. The summed E-state index contributed by atoms with van der Waals surface area (Å²) < 4.78 is 18.2. The average Bonchev–Trinajstić information content (AvgIpc) is 2.62. The molecule has 27 heavy (non-hydrogen) atoms. The summed E-state index contributed by atoms with van der Waals surface area (Å²) >= 11 is 0. The third-order valence-corrected chi connectivity index (χ3v) is 3.36. The van der Waals surface area contributed by atoms with Gasteiger partial charge >= 0.3 is 11.7 Å². The van der Waals surface area contributed by atoms with Crippen LogP contribution in [0.25, 0.3) is 0 Å². The van der Waals surface area contributed by atoms with Crippen molar-refractivity contribution in [2.45, 2.75) is 13.0 Å². The van der Waals surface area contributed by atoms with E-state index in [0.29, 0.717) is 0 Å². The molecule has 0 fully saturated rings. The van der Waals surface area contributed by atoms with Crippen molar-refractivity contribution in [2.75, 3.05) is 5.32 Å². The molecule has 0 radical (unpaired) electrons. The molecule has 0 aliphatic heterocycles. The number of nitro groups is 2. The highest BCUT2D eigenvalue weighted by molar-refractivity contribution is 5.97. The average molecular weight is 377 g/mol. The monoisotopic (exact) mass is 377 g/mol. The minimum atomic E-state index is -1.32. The molecular formula is C16H12FN3O7. The topological polar surface area (TPSA) is 142 Å². The maximum atomic E-state index is 13.3. The summed E-state index contributed by atoms with van der Waals surface area (Å²) in [6.45, 7) is 1.24. The van der Waals surface area contributed by atoms with Crippen molar-refractivity contribution in [3.05, 3.63) is 74.1 Å². The van der Waals surface area contributed by atoms with E-state index in [2.05, 4.69) is 5.32 Å². The maximum Gasteiger partial charge on any atom is 0.339 e. The van der Waals surface area contributed by atoms with Crippen LogP contribution in [0.1, 0.15) is 17.3 Å². The number of non-ortho nitro benzene ring substituents is 1. The number of carbonyl (C=O) groups is 2. The van der Waals surface area contributed by atoms with E-state index >= 15 is 0 Å². The summed E-state index contributed by atoms with van der Waals surface area (Å²) in [6.07, 6.45) is -1.32. The van der Waals surface area contributed by atoms with E-state index in [0.717, 1.165) is 24.3 Å². The first-order valence-corrected chi connectivity index (χ1v) is 7.39. The Hall–Kier alpha value is -3.89. The van der Waals surface area contributed by atoms with Gasteiger partial charge in [-0.1, -0.05) is 6.07 Å². The largest absolute Gasteiger partial charge is 0.449 e. The fourth-order valence-corrected chi connectivity index (χ4v) is 2.00. The molecule has 1 unspecified atom stereocenters. The number of rotatable bonds is 6. The Morgan fingerprint density at radius 3 is 2.44 bits per heavy atom. The van der Waals surface area contributed by atoms with E-state index in [-0.39, 0.29) is 16.9 Å². The minimum absolute atomic E-state index is 0.0636. The van der Waals surface area contributed by atoms with Crippen LogP contribution < -0.4 is 5.32 Å². The molecule has 0 aromatic heterocycles. The molecule has 1 amide bonds. The normalized spacial score (nSPS) is 11.3. The van der Waals surface area contributed by atoms with Crippen LogP contribution in [0, 0.1) is 26.0 Å². The third-order valence-electron chi connectivity index (χ3n) is 3.36. The molecule has 140 valence electrons. The van der Waals surface area contributed by atoms with Crippen LogP contribution in [-0.4, -0.2) is 27.8 Å². The van der Waals surface area contributed by atoms with Gasteiger partial charge < -0.3 is 10.1 Å². The first-order valence-electron chi connectivity index (χ1n) is 7.39. The van der Waals surface area contributed by atoms with Gasteiger partial charge in [-0.25, -0.2) is 4.79 Å². The van der Waals surface area contributed by atoms with Gasteiger partial charge in [-0.15, -0.1) is 0 Å². The van der Waals surface area contributed by atoms with Crippen molar-refractivity contribution in [1.82, 2.24) is 0 Å². The van der Waals surface area contributed by atoms with Gasteiger partial charge in [0.05, 0.1) is 15.4 Å². The first-order chi connectivity index (χ1) is 12.7. The zero-order valence-corrected chi connectivity index (χ0v) is 13.7.